The summed E-state index contributed by atoms with van der Waals surface area (Å²) in [5.41, 5.74) is 2.30. The molecule has 3 aromatic rings. The molecule has 0 radical (unpaired) electrons. The van der Waals surface area contributed by atoms with E-state index in [4.69, 9.17) is 4.74 Å². The molecule has 4 heteroatoms. The first-order chi connectivity index (χ1) is 11.3. The minimum Gasteiger partial charge on any atom is -0.497 e. The number of methoxy groups -OCH3 is 1. The van der Waals surface area contributed by atoms with Crippen molar-refractivity contribution in [1.82, 2.24) is 10.3 Å². The number of carbonyl (C=O) groups is 1. The maximum Gasteiger partial charge on any atom is 0.268 e. The van der Waals surface area contributed by atoms with Gasteiger partial charge >= 0.3 is 0 Å². The molecule has 0 aliphatic rings. The molecule has 0 saturated heterocycles. The summed E-state index contributed by atoms with van der Waals surface area (Å²) in [6, 6.07) is 17.1. The predicted octanol–water partition coefficient (Wildman–Crippen LogP) is 2.96. The lowest BCUT2D eigenvalue weighted by Crippen LogP contribution is -2.23. The summed E-state index contributed by atoms with van der Waals surface area (Å²) in [5, 5.41) is 3.75. The summed E-state index contributed by atoms with van der Waals surface area (Å²) in [4.78, 5) is 15.2. The topological polar surface area (TPSA) is 54.1 Å². The van der Waals surface area contributed by atoms with Crippen LogP contribution in [0.5, 0.6) is 5.75 Å². The van der Waals surface area contributed by atoms with Gasteiger partial charge in [0, 0.05) is 22.5 Å². The van der Waals surface area contributed by atoms with Gasteiger partial charge in [-0.25, -0.2) is 0 Å². The molecule has 0 atom stereocenters. The van der Waals surface area contributed by atoms with Crippen LogP contribution in [-0.4, -0.2) is 24.5 Å². The summed E-state index contributed by atoms with van der Waals surface area (Å²) < 4.78 is 5.17. The molecule has 23 heavy (non-hydrogen) atoms. The van der Waals surface area contributed by atoms with Crippen molar-refractivity contribution in [3.8, 4) is 17.6 Å². The third-order valence-electron chi connectivity index (χ3n) is 3.42. The zero-order valence-electron chi connectivity index (χ0n) is 12.7. The second-order valence-electron chi connectivity index (χ2n) is 4.99. The lowest BCUT2D eigenvalue weighted by atomic mass is 10.2. The number of rotatable bonds is 3. The van der Waals surface area contributed by atoms with Crippen LogP contribution < -0.4 is 10.1 Å². The van der Waals surface area contributed by atoms with Gasteiger partial charge in [0.2, 0.25) is 0 Å². The largest absolute Gasteiger partial charge is 0.497 e. The van der Waals surface area contributed by atoms with E-state index in [0.29, 0.717) is 12.2 Å². The van der Waals surface area contributed by atoms with E-state index in [1.54, 1.807) is 7.11 Å². The van der Waals surface area contributed by atoms with Crippen molar-refractivity contribution in [2.75, 3.05) is 13.7 Å². The number of hydrogen-bond donors (Lipinski definition) is 2. The first-order valence-electron chi connectivity index (χ1n) is 7.25. The number of aromatic amines is 1. The Balaban J connectivity index is 1.65. The summed E-state index contributed by atoms with van der Waals surface area (Å²) in [6.07, 6.45) is 0. The monoisotopic (exact) mass is 304 g/mol. The zero-order chi connectivity index (χ0) is 16.1. The van der Waals surface area contributed by atoms with Crippen molar-refractivity contribution >= 4 is 16.8 Å². The molecule has 2 aromatic carbocycles. The molecule has 0 bridgehead atoms. The van der Waals surface area contributed by atoms with Crippen molar-refractivity contribution in [2.45, 2.75) is 0 Å². The number of nitrogens with one attached hydrogen (secondary N) is 2. The van der Waals surface area contributed by atoms with Gasteiger partial charge < -0.3 is 15.0 Å². The molecule has 0 fully saturated rings. The number of H-pyrrole nitrogens is 1. The molecule has 1 heterocycles. The SMILES string of the molecule is COc1ccc2cc(C(=O)NCC#Cc3ccccc3)[nH]c2c1. The molecule has 4 nitrogen and oxygen atoms in total. The zero-order valence-corrected chi connectivity index (χ0v) is 12.7. The van der Waals surface area contributed by atoms with E-state index >= 15 is 0 Å². The maximum atomic E-state index is 12.1. The second-order valence-corrected chi connectivity index (χ2v) is 4.99. The van der Waals surface area contributed by atoms with Crippen LogP contribution in [0.15, 0.2) is 54.6 Å². The van der Waals surface area contributed by atoms with Gasteiger partial charge in [0.05, 0.1) is 13.7 Å². The fourth-order valence-corrected chi connectivity index (χ4v) is 2.24. The van der Waals surface area contributed by atoms with E-state index in [-0.39, 0.29) is 5.91 Å². The molecule has 3 rings (SSSR count). The summed E-state index contributed by atoms with van der Waals surface area (Å²) in [5.74, 6) is 6.51. The Bertz CT molecular complexity index is 886. The standard InChI is InChI=1S/C19H16N2O2/c1-23-16-10-9-15-12-18(21-17(15)13-16)19(22)20-11-5-8-14-6-3-2-4-7-14/h2-4,6-7,9-10,12-13,21H,11H2,1H3,(H,20,22). The molecule has 114 valence electrons. The van der Waals surface area contributed by atoms with E-state index in [2.05, 4.69) is 22.1 Å². The molecule has 1 amide bonds. The normalized spacial score (nSPS) is 9.96. The molecular formula is C19H16N2O2. The Morgan fingerprint density at radius 3 is 2.78 bits per heavy atom. The smallest absolute Gasteiger partial charge is 0.268 e. The molecule has 0 aliphatic carbocycles. The van der Waals surface area contributed by atoms with Gasteiger partial charge in [0.15, 0.2) is 0 Å². The van der Waals surface area contributed by atoms with Gasteiger partial charge in [-0.2, -0.15) is 0 Å². The number of amides is 1. The lowest BCUT2D eigenvalue weighted by Gasteiger charge is -1.98. The van der Waals surface area contributed by atoms with Crippen LogP contribution in [0.1, 0.15) is 16.1 Å². The molecule has 0 spiro atoms. The highest BCUT2D eigenvalue weighted by Gasteiger charge is 2.08. The average molecular weight is 304 g/mol. The highest BCUT2D eigenvalue weighted by molar-refractivity contribution is 5.98. The van der Waals surface area contributed by atoms with Crippen molar-refractivity contribution in [3.63, 3.8) is 0 Å². The van der Waals surface area contributed by atoms with E-state index in [1.165, 1.54) is 0 Å². The quantitative estimate of drug-likeness (QED) is 0.731. The maximum absolute atomic E-state index is 12.1. The Morgan fingerprint density at radius 1 is 1.17 bits per heavy atom. The first-order valence-corrected chi connectivity index (χ1v) is 7.25. The number of fused-ring (bicyclic) bond motifs is 1. The fourth-order valence-electron chi connectivity index (χ4n) is 2.24. The molecule has 0 saturated carbocycles. The number of ether oxygens (including phenoxy) is 1. The van der Waals surface area contributed by atoms with Crippen molar-refractivity contribution in [3.05, 3.63) is 65.9 Å². The highest BCUT2D eigenvalue weighted by Crippen LogP contribution is 2.21. The third kappa shape index (κ3) is 3.53. The summed E-state index contributed by atoms with van der Waals surface area (Å²) >= 11 is 0. The number of benzene rings is 2. The van der Waals surface area contributed by atoms with E-state index in [9.17, 15) is 4.79 Å². The van der Waals surface area contributed by atoms with Gasteiger partial charge in [-0.05, 0) is 30.3 Å². The number of aromatic nitrogens is 1. The Morgan fingerprint density at radius 2 is 2.00 bits per heavy atom. The van der Waals surface area contributed by atoms with Crippen LogP contribution in [-0.2, 0) is 0 Å². The lowest BCUT2D eigenvalue weighted by molar-refractivity contribution is 0.0954. The van der Waals surface area contributed by atoms with E-state index < -0.39 is 0 Å². The van der Waals surface area contributed by atoms with Crippen LogP contribution in [0.2, 0.25) is 0 Å². The van der Waals surface area contributed by atoms with E-state index in [0.717, 1.165) is 22.2 Å². The summed E-state index contributed by atoms with van der Waals surface area (Å²) in [7, 11) is 1.61. The van der Waals surface area contributed by atoms with Gasteiger partial charge in [-0.1, -0.05) is 30.0 Å². The minimum atomic E-state index is -0.178. The van der Waals surface area contributed by atoms with Crippen LogP contribution >= 0.6 is 0 Å². The number of hydrogen-bond acceptors (Lipinski definition) is 2. The van der Waals surface area contributed by atoms with Gasteiger partial charge in [0.25, 0.3) is 5.91 Å². The Labute approximate surface area is 134 Å². The van der Waals surface area contributed by atoms with Gasteiger partial charge in [-0.15, -0.1) is 0 Å². The minimum absolute atomic E-state index is 0.178. The molecule has 2 N–H and O–H groups in total. The Hall–Kier alpha value is -3.19. The predicted molar refractivity (Wildman–Crippen MR) is 90.5 cm³/mol. The van der Waals surface area contributed by atoms with Crippen LogP contribution in [0.4, 0.5) is 0 Å². The van der Waals surface area contributed by atoms with E-state index in [1.807, 2.05) is 54.6 Å². The van der Waals surface area contributed by atoms with Crippen LogP contribution in [0.25, 0.3) is 10.9 Å². The van der Waals surface area contributed by atoms with Crippen molar-refractivity contribution in [2.24, 2.45) is 0 Å². The van der Waals surface area contributed by atoms with Gasteiger partial charge in [0.1, 0.15) is 11.4 Å². The molecule has 0 unspecified atom stereocenters. The number of carbonyl (C=O) groups excluding carboxylic acids is 1. The Kier molecular flexibility index (Phi) is 4.30. The molecule has 0 aliphatic heterocycles. The third-order valence-corrected chi connectivity index (χ3v) is 3.42. The second kappa shape index (κ2) is 6.71. The summed E-state index contributed by atoms with van der Waals surface area (Å²) in [6.45, 7) is 0.298. The van der Waals surface area contributed by atoms with Crippen LogP contribution in [0.3, 0.4) is 0 Å². The van der Waals surface area contributed by atoms with Gasteiger partial charge in [-0.3, -0.25) is 4.79 Å². The first kappa shape index (κ1) is 14.7. The highest BCUT2D eigenvalue weighted by atomic mass is 16.5. The molecular weight excluding hydrogens is 288 g/mol. The van der Waals surface area contributed by atoms with Crippen molar-refractivity contribution < 1.29 is 9.53 Å². The molecule has 1 aromatic heterocycles. The average Bonchev–Trinajstić information content (AvgIpc) is 3.02. The van der Waals surface area contributed by atoms with Crippen LogP contribution in [0, 0.1) is 11.8 Å². The fraction of sp³-hybridized carbons (Fsp3) is 0.105. The van der Waals surface area contributed by atoms with Crippen molar-refractivity contribution in [1.29, 1.82) is 0 Å².